The molecular formula is C20H34N2O3S. The highest BCUT2D eigenvalue weighted by molar-refractivity contribution is 7.90. The van der Waals surface area contributed by atoms with Crippen LogP contribution in [0.4, 0.5) is 0 Å². The smallest absolute Gasteiger partial charge is 0.213 e. The van der Waals surface area contributed by atoms with Crippen molar-refractivity contribution in [2.45, 2.75) is 57.6 Å². The minimum Gasteiger partial charge on any atom is -0.494 e. The van der Waals surface area contributed by atoms with E-state index < -0.39 is 15.3 Å². The largest absolute Gasteiger partial charge is 0.494 e. The van der Waals surface area contributed by atoms with Gasteiger partial charge in [0, 0.05) is 6.54 Å². The lowest BCUT2D eigenvalue weighted by Crippen LogP contribution is -2.33. The van der Waals surface area contributed by atoms with E-state index in [9.17, 15) is 8.42 Å². The Morgan fingerprint density at radius 2 is 1.96 bits per heavy atom. The quantitative estimate of drug-likeness (QED) is 0.610. The van der Waals surface area contributed by atoms with Gasteiger partial charge in [-0.15, -0.1) is 0 Å². The number of sulfonamides is 1. The Bertz CT molecular complexity index is 623. The zero-order valence-electron chi connectivity index (χ0n) is 16.3. The maximum Gasteiger partial charge on any atom is 0.213 e. The summed E-state index contributed by atoms with van der Waals surface area (Å²) >= 11 is 0. The van der Waals surface area contributed by atoms with Crippen LogP contribution in [0.15, 0.2) is 24.3 Å². The van der Waals surface area contributed by atoms with E-state index in [2.05, 4.69) is 10.0 Å². The van der Waals surface area contributed by atoms with Crippen LogP contribution in [0.3, 0.4) is 0 Å². The number of benzene rings is 1. The van der Waals surface area contributed by atoms with Crippen molar-refractivity contribution in [1.82, 2.24) is 10.0 Å². The third kappa shape index (κ3) is 6.89. The lowest BCUT2D eigenvalue weighted by atomic mass is 9.95. The Kier molecular flexibility index (Phi) is 8.38. The summed E-state index contributed by atoms with van der Waals surface area (Å²) in [5.41, 5.74) is 1.11. The molecule has 1 aliphatic heterocycles. The first kappa shape index (κ1) is 21.2. The van der Waals surface area contributed by atoms with E-state index in [1.54, 1.807) is 13.8 Å². The van der Waals surface area contributed by atoms with Gasteiger partial charge in [0.25, 0.3) is 0 Å². The molecule has 148 valence electrons. The molecule has 2 rings (SSSR count). The summed E-state index contributed by atoms with van der Waals surface area (Å²) < 4.78 is 32.2. The molecule has 5 nitrogen and oxygen atoms in total. The van der Waals surface area contributed by atoms with Crippen LogP contribution >= 0.6 is 0 Å². The molecule has 1 aromatic rings. The van der Waals surface area contributed by atoms with E-state index in [-0.39, 0.29) is 5.92 Å². The Hall–Kier alpha value is -1.11. The van der Waals surface area contributed by atoms with E-state index in [1.165, 1.54) is 19.3 Å². The van der Waals surface area contributed by atoms with Crippen molar-refractivity contribution in [3.05, 3.63) is 29.8 Å². The first-order valence-corrected chi connectivity index (χ1v) is 11.3. The molecule has 1 fully saturated rings. The minimum absolute atomic E-state index is 0.122. The van der Waals surface area contributed by atoms with Crippen LogP contribution in [0.2, 0.25) is 0 Å². The molecular weight excluding hydrogens is 348 g/mol. The number of nitrogens with one attached hydrogen (secondary N) is 2. The SMILES string of the molecule is CC(CNS(=O)(=O)C(C)C)c1ccc(OCCCC2CCCNC2)cc1. The molecule has 0 aromatic heterocycles. The number of hydrogen-bond acceptors (Lipinski definition) is 4. The fourth-order valence-electron chi connectivity index (χ4n) is 3.15. The van der Waals surface area contributed by atoms with Gasteiger partial charge in [0.1, 0.15) is 5.75 Å². The van der Waals surface area contributed by atoms with E-state index in [0.717, 1.165) is 43.3 Å². The van der Waals surface area contributed by atoms with Gasteiger partial charge in [-0.2, -0.15) is 0 Å². The van der Waals surface area contributed by atoms with Crippen LogP contribution in [-0.4, -0.2) is 39.9 Å². The van der Waals surface area contributed by atoms with E-state index >= 15 is 0 Å². The van der Waals surface area contributed by atoms with Crippen molar-refractivity contribution in [3.63, 3.8) is 0 Å². The van der Waals surface area contributed by atoms with Crippen LogP contribution in [0.25, 0.3) is 0 Å². The van der Waals surface area contributed by atoms with Crippen molar-refractivity contribution in [2.75, 3.05) is 26.2 Å². The molecule has 1 saturated heterocycles. The highest BCUT2D eigenvalue weighted by Crippen LogP contribution is 2.20. The van der Waals surface area contributed by atoms with Gasteiger partial charge < -0.3 is 10.1 Å². The lowest BCUT2D eigenvalue weighted by Gasteiger charge is -2.22. The summed E-state index contributed by atoms with van der Waals surface area (Å²) in [5, 5.41) is 3.04. The third-order valence-electron chi connectivity index (χ3n) is 5.08. The number of ether oxygens (including phenoxy) is 1. The van der Waals surface area contributed by atoms with Gasteiger partial charge in [0.05, 0.1) is 11.9 Å². The van der Waals surface area contributed by atoms with E-state index in [1.807, 2.05) is 31.2 Å². The lowest BCUT2D eigenvalue weighted by molar-refractivity contribution is 0.275. The van der Waals surface area contributed by atoms with Gasteiger partial charge in [-0.3, -0.25) is 0 Å². The van der Waals surface area contributed by atoms with E-state index in [0.29, 0.717) is 6.54 Å². The van der Waals surface area contributed by atoms with Crippen LogP contribution in [0.1, 0.15) is 57.9 Å². The second-order valence-corrected chi connectivity index (χ2v) is 9.94. The van der Waals surface area contributed by atoms with Crippen LogP contribution in [-0.2, 0) is 10.0 Å². The second kappa shape index (κ2) is 10.3. The zero-order chi connectivity index (χ0) is 19.0. The van der Waals surface area contributed by atoms with Crippen LogP contribution < -0.4 is 14.8 Å². The molecule has 1 aliphatic rings. The average Bonchev–Trinajstić information content (AvgIpc) is 2.64. The molecule has 26 heavy (non-hydrogen) atoms. The maximum absolute atomic E-state index is 11.8. The van der Waals surface area contributed by atoms with Gasteiger partial charge >= 0.3 is 0 Å². The van der Waals surface area contributed by atoms with Gasteiger partial charge in [0.2, 0.25) is 10.0 Å². The van der Waals surface area contributed by atoms with Crippen LogP contribution in [0, 0.1) is 5.92 Å². The highest BCUT2D eigenvalue weighted by atomic mass is 32.2. The molecule has 2 unspecified atom stereocenters. The van der Waals surface area contributed by atoms with Crippen molar-refractivity contribution in [2.24, 2.45) is 5.92 Å². The van der Waals surface area contributed by atoms with Crippen molar-refractivity contribution < 1.29 is 13.2 Å². The van der Waals surface area contributed by atoms with Crippen molar-refractivity contribution in [1.29, 1.82) is 0 Å². The summed E-state index contributed by atoms with van der Waals surface area (Å²) in [6, 6.07) is 8.00. The fraction of sp³-hybridized carbons (Fsp3) is 0.700. The molecule has 0 radical (unpaired) electrons. The first-order chi connectivity index (χ1) is 12.4. The van der Waals surface area contributed by atoms with E-state index in [4.69, 9.17) is 4.74 Å². The maximum atomic E-state index is 11.8. The minimum atomic E-state index is -3.21. The van der Waals surface area contributed by atoms with Gasteiger partial charge in [-0.1, -0.05) is 19.1 Å². The Labute approximate surface area is 159 Å². The zero-order valence-corrected chi connectivity index (χ0v) is 17.1. The summed E-state index contributed by atoms with van der Waals surface area (Å²) in [7, 11) is -3.21. The Balaban J connectivity index is 1.71. The number of rotatable bonds is 10. The van der Waals surface area contributed by atoms with Crippen molar-refractivity contribution >= 4 is 10.0 Å². The molecule has 0 aliphatic carbocycles. The monoisotopic (exact) mass is 382 g/mol. The molecule has 1 heterocycles. The molecule has 0 spiro atoms. The highest BCUT2D eigenvalue weighted by Gasteiger charge is 2.17. The summed E-state index contributed by atoms with van der Waals surface area (Å²) in [6.45, 7) is 8.87. The Morgan fingerprint density at radius 3 is 2.58 bits per heavy atom. The Morgan fingerprint density at radius 1 is 1.23 bits per heavy atom. The molecule has 2 N–H and O–H groups in total. The summed E-state index contributed by atoms with van der Waals surface area (Å²) in [5.74, 6) is 1.80. The number of piperidine rings is 1. The third-order valence-corrected chi connectivity index (χ3v) is 6.90. The second-order valence-electron chi connectivity index (χ2n) is 7.62. The van der Waals surface area contributed by atoms with Crippen molar-refractivity contribution in [3.8, 4) is 5.75 Å². The fourth-order valence-corrected chi connectivity index (χ4v) is 3.97. The predicted molar refractivity (Wildman–Crippen MR) is 107 cm³/mol. The molecule has 1 aromatic carbocycles. The normalized spacial score (nSPS) is 19.5. The molecule has 6 heteroatoms. The average molecular weight is 383 g/mol. The summed E-state index contributed by atoms with van der Waals surface area (Å²) in [6.07, 6.45) is 4.93. The van der Waals surface area contributed by atoms with Crippen LogP contribution in [0.5, 0.6) is 5.75 Å². The van der Waals surface area contributed by atoms with Gasteiger partial charge in [-0.05, 0) is 82.2 Å². The predicted octanol–water partition coefficient (Wildman–Crippen LogP) is 3.28. The topological polar surface area (TPSA) is 67.4 Å². The molecule has 0 amide bonds. The summed E-state index contributed by atoms with van der Waals surface area (Å²) in [4.78, 5) is 0. The first-order valence-electron chi connectivity index (χ1n) is 9.80. The standard InChI is InChI=1S/C20H34N2O3S/c1-16(2)26(23,24)22-14-17(3)19-8-10-20(11-9-19)25-13-5-7-18-6-4-12-21-15-18/h8-11,16-18,21-22H,4-7,12-15H2,1-3H3. The molecule has 0 bridgehead atoms. The number of hydrogen-bond donors (Lipinski definition) is 2. The molecule has 2 atom stereocenters. The van der Waals surface area contributed by atoms with Gasteiger partial charge in [0.15, 0.2) is 0 Å². The van der Waals surface area contributed by atoms with Gasteiger partial charge in [-0.25, -0.2) is 13.1 Å². The molecule has 0 saturated carbocycles.